The van der Waals surface area contributed by atoms with Crippen molar-refractivity contribution in [1.29, 1.82) is 0 Å². The predicted octanol–water partition coefficient (Wildman–Crippen LogP) is 4.19. The van der Waals surface area contributed by atoms with Crippen molar-refractivity contribution in [1.82, 2.24) is 0 Å². The standard InChI is InChI=1S/C20H16BrN3O5S/c21-18-11-4-5-12-19(18)22-20(25)14-23(15-7-6-8-16(13-15)24(26)27)30(28,29)17-9-2-1-3-10-17/h1-13H,14H2,(H,22,25). The molecule has 0 unspecified atom stereocenters. The molecule has 1 amide bonds. The molecule has 0 aliphatic carbocycles. The van der Waals surface area contributed by atoms with E-state index < -0.39 is 27.4 Å². The lowest BCUT2D eigenvalue weighted by Gasteiger charge is -2.24. The van der Waals surface area contributed by atoms with Crippen LogP contribution in [0.1, 0.15) is 0 Å². The van der Waals surface area contributed by atoms with Gasteiger partial charge >= 0.3 is 0 Å². The van der Waals surface area contributed by atoms with E-state index in [9.17, 15) is 23.3 Å². The van der Waals surface area contributed by atoms with E-state index in [1.807, 2.05) is 0 Å². The maximum atomic E-state index is 13.2. The van der Waals surface area contributed by atoms with Gasteiger partial charge in [-0.25, -0.2) is 8.42 Å². The monoisotopic (exact) mass is 489 g/mol. The first-order valence-electron chi connectivity index (χ1n) is 8.65. The summed E-state index contributed by atoms with van der Waals surface area (Å²) in [6.07, 6.45) is 0. The smallest absolute Gasteiger partial charge is 0.271 e. The lowest BCUT2D eigenvalue weighted by Crippen LogP contribution is -2.38. The molecule has 1 N–H and O–H groups in total. The van der Waals surface area contributed by atoms with Crippen molar-refractivity contribution in [2.45, 2.75) is 4.90 Å². The number of amides is 1. The van der Waals surface area contributed by atoms with E-state index in [0.29, 0.717) is 10.2 Å². The first-order valence-corrected chi connectivity index (χ1v) is 10.9. The Morgan fingerprint density at radius 3 is 2.33 bits per heavy atom. The van der Waals surface area contributed by atoms with Gasteiger partial charge in [0.15, 0.2) is 0 Å². The highest BCUT2D eigenvalue weighted by Gasteiger charge is 2.28. The van der Waals surface area contributed by atoms with Crippen LogP contribution in [-0.4, -0.2) is 25.8 Å². The largest absolute Gasteiger partial charge is 0.323 e. The minimum Gasteiger partial charge on any atom is -0.323 e. The number of nitrogens with zero attached hydrogens (tertiary/aromatic N) is 2. The molecule has 154 valence electrons. The van der Waals surface area contributed by atoms with Crippen LogP contribution >= 0.6 is 15.9 Å². The maximum absolute atomic E-state index is 13.2. The number of rotatable bonds is 7. The molecule has 3 aromatic rings. The van der Waals surface area contributed by atoms with Gasteiger partial charge in [-0.05, 0) is 46.3 Å². The van der Waals surface area contributed by atoms with Gasteiger partial charge in [0.05, 0.1) is 21.2 Å². The van der Waals surface area contributed by atoms with Crippen LogP contribution in [-0.2, 0) is 14.8 Å². The molecule has 0 saturated heterocycles. The van der Waals surface area contributed by atoms with E-state index in [-0.39, 0.29) is 16.3 Å². The minimum atomic E-state index is -4.16. The van der Waals surface area contributed by atoms with Crippen LogP contribution < -0.4 is 9.62 Å². The van der Waals surface area contributed by atoms with Crippen LogP contribution in [0.2, 0.25) is 0 Å². The van der Waals surface area contributed by atoms with E-state index in [1.54, 1.807) is 42.5 Å². The summed E-state index contributed by atoms with van der Waals surface area (Å²) in [4.78, 5) is 23.2. The molecule has 0 spiro atoms. The van der Waals surface area contributed by atoms with E-state index in [1.165, 1.54) is 30.3 Å². The van der Waals surface area contributed by atoms with Crippen LogP contribution in [0.3, 0.4) is 0 Å². The zero-order chi connectivity index (χ0) is 21.7. The molecule has 0 fully saturated rings. The number of para-hydroxylation sites is 1. The molecule has 3 rings (SSSR count). The Bertz CT molecular complexity index is 1190. The molecule has 3 aromatic carbocycles. The number of hydrogen-bond acceptors (Lipinski definition) is 5. The SMILES string of the molecule is O=C(CN(c1cccc([N+](=O)[O-])c1)S(=O)(=O)c1ccccc1)Nc1ccccc1Br. The number of carbonyl (C=O) groups excluding carboxylic acids is 1. The van der Waals surface area contributed by atoms with Gasteiger partial charge < -0.3 is 5.32 Å². The Morgan fingerprint density at radius 1 is 1.00 bits per heavy atom. The average Bonchev–Trinajstić information content (AvgIpc) is 2.74. The zero-order valence-electron chi connectivity index (χ0n) is 15.4. The molecule has 0 bridgehead atoms. The molecule has 0 aromatic heterocycles. The second-order valence-corrected chi connectivity index (χ2v) is 8.85. The summed E-state index contributed by atoms with van der Waals surface area (Å²) < 4.78 is 28.0. The van der Waals surface area contributed by atoms with Crippen molar-refractivity contribution in [3.63, 3.8) is 0 Å². The summed E-state index contributed by atoms with van der Waals surface area (Å²) in [5, 5.41) is 13.8. The van der Waals surface area contributed by atoms with Crippen molar-refractivity contribution < 1.29 is 18.1 Å². The Balaban J connectivity index is 2.00. The summed E-state index contributed by atoms with van der Waals surface area (Å²) in [6, 6.07) is 19.6. The highest BCUT2D eigenvalue weighted by atomic mass is 79.9. The molecule has 0 atom stereocenters. The summed E-state index contributed by atoms with van der Waals surface area (Å²) >= 11 is 3.32. The fourth-order valence-corrected chi connectivity index (χ4v) is 4.50. The number of nitrogens with one attached hydrogen (secondary N) is 1. The molecule has 0 saturated carbocycles. The van der Waals surface area contributed by atoms with Crippen LogP contribution in [0.15, 0.2) is 88.2 Å². The number of non-ortho nitro benzene ring substituents is 1. The molecule has 0 aliphatic rings. The van der Waals surface area contributed by atoms with E-state index >= 15 is 0 Å². The van der Waals surface area contributed by atoms with Gasteiger partial charge in [0.2, 0.25) is 5.91 Å². The quantitative estimate of drug-likeness (QED) is 0.395. The van der Waals surface area contributed by atoms with Crippen LogP contribution in [0.25, 0.3) is 0 Å². The van der Waals surface area contributed by atoms with E-state index in [2.05, 4.69) is 21.2 Å². The van der Waals surface area contributed by atoms with Crippen molar-refractivity contribution in [3.8, 4) is 0 Å². The van der Waals surface area contributed by atoms with Crippen molar-refractivity contribution in [3.05, 3.63) is 93.4 Å². The summed E-state index contributed by atoms with van der Waals surface area (Å²) in [5.74, 6) is -0.604. The number of sulfonamides is 1. The number of halogens is 1. The van der Waals surface area contributed by atoms with Crippen molar-refractivity contribution in [2.75, 3.05) is 16.2 Å². The Kier molecular flexibility index (Phi) is 6.48. The lowest BCUT2D eigenvalue weighted by molar-refractivity contribution is -0.384. The molecule has 8 nitrogen and oxygen atoms in total. The van der Waals surface area contributed by atoms with E-state index in [4.69, 9.17) is 0 Å². The highest BCUT2D eigenvalue weighted by molar-refractivity contribution is 9.10. The van der Waals surface area contributed by atoms with Crippen molar-refractivity contribution >= 4 is 48.9 Å². The molecule has 0 aliphatic heterocycles. The number of hydrogen-bond donors (Lipinski definition) is 1. The normalized spacial score (nSPS) is 11.0. The number of carbonyl (C=O) groups is 1. The third-order valence-corrected chi connectivity index (χ3v) is 6.57. The first-order chi connectivity index (χ1) is 14.3. The molecular formula is C20H16BrN3O5S. The molecule has 10 heteroatoms. The maximum Gasteiger partial charge on any atom is 0.271 e. The molecule has 0 heterocycles. The van der Waals surface area contributed by atoms with Crippen LogP contribution in [0.5, 0.6) is 0 Å². The Morgan fingerprint density at radius 2 is 1.67 bits per heavy atom. The minimum absolute atomic E-state index is 0.00957. The fourth-order valence-electron chi connectivity index (χ4n) is 2.68. The third-order valence-electron chi connectivity index (χ3n) is 4.09. The third kappa shape index (κ3) is 4.84. The zero-order valence-corrected chi connectivity index (χ0v) is 17.8. The second kappa shape index (κ2) is 9.06. The molecule has 0 radical (unpaired) electrons. The summed E-state index contributed by atoms with van der Waals surface area (Å²) in [7, 11) is -4.16. The molecule has 30 heavy (non-hydrogen) atoms. The molecular weight excluding hydrogens is 474 g/mol. The highest BCUT2D eigenvalue weighted by Crippen LogP contribution is 2.27. The van der Waals surface area contributed by atoms with Gasteiger partial charge in [0.25, 0.3) is 15.7 Å². The van der Waals surface area contributed by atoms with Gasteiger partial charge in [0, 0.05) is 16.6 Å². The lowest BCUT2D eigenvalue weighted by atomic mass is 10.3. The van der Waals surface area contributed by atoms with E-state index in [0.717, 1.165) is 10.4 Å². The number of nitro benzene ring substituents is 1. The summed E-state index contributed by atoms with van der Waals surface area (Å²) in [6.45, 7) is -0.570. The first kappa shape index (κ1) is 21.5. The van der Waals surface area contributed by atoms with Crippen LogP contribution in [0.4, 0.5) is 17.1 Å². The fraction of sp³-hybridized carbons (Fsp3) is 0.0500. The van der Waals surface area contributed by atoms with Crippen LogP contribution in [0, 0.1) is 10.1 Å². The van der Waals surface area contributed by atoms with Gasteiger partial charge in [-0.1, -0.05) is 36.4 Å². The predicted molar refractivity (Wildman–Crippen MR) is 117 cm³/mol. The average molecular weight is 490 g/mol. The number of benzene rings is 3. The number of nitro groups is 1. The topological polar surface area (TPSA) is 110 Å². The number of anilines is 2. The van der Waals surface area contributed by atoms with Gasteiger partial charge in [-0.3, -0.25) is 19.2 Å². The van der Waals surface area contributed by atoms with Gasteiger partial charge in [0.1, 0.15) is 6.54 Å². The van der Waals surface area contributed by atoms with Gasteiger partial charge in [-0.15, -0.1) is 0 Å². The summed E-state index contributed by atoms with van der Waals surface area (Å²) in [5.41, 5.74) is 0.195. The van der Waals surface area contributed by atoms with Gasteiger partial charge in [-0.2, -0.15) is 0 Å². The second-order valence-electron chi connectivity index (χ2n) is 6.13. The Hall–Kier alpha value is -3.24. The Labute approximate surface area is 181 Å². The van der Waals surface area contributed by atoms with Crippen molar-refractivity contribution in [2.24, 2.45) is 0 Å².